The van der Waals surface area contributed by atoms with Gasteiger partial charge in [-0.05, 0) is 45.2 Å². The van der Waals surface area contributed by atoms with Crippen molar-refractivity contribution >= 4 is 0 Å². The first kappa shape index (κ1) is 17.9. The lowest BCUT2D eigenvalue weighted by Crippen LogP contribution is -2.34. The zero-order valence-corrected chi connectivity index (χ0v) is 13.1. The van der Waals surface area contributed by atoms with Crippen molar-refractivity contribution in [3.05, 3.63) is 0 Å². The molecule has 0 bridgehead atoms. The minimum atomic E-state index is 0.466. The lowest BCUT2D eigenvalue weighted by Gasteiger charge is -2.28. The van der Waals surface area contributed by atoms with E-state index in [-0.39, 0.29) is 0 Å². The second kappa shape index (κ2) is 13.4. The van der Waals surface area contributed by atoms with Crippen LogP contribution in [0.3, 0.4) is 0 Å². The average molecular weight is 257 g/mol. The van der Waals surface area contributed by atoms with Crippen LogP contribution >= 0.6 is 0 Å². The van der Waals surface area contributed by atoms with Crippen molar-refractivity contribution in [2.75, 3.05) is 19.7 Å². The molecule has 1 saturated heterocycles. The molecule has 0 amide bonds. The van der Waals surface area contributed by atoms with E-state index in [4.69, 9.17) is 4.74 Å². The maximum absolute atomic E-state index is 5.90. The number of piperidine rings is 1. The zero-order valence-electron chi connectivity index (χ0n) is 13.1. The Morgan fingerprint density at radius 1 is 1.06 bits per heavy atom. The summed E-state index contributed by atoms with van der Waals surface area (Å²) in [5, 5.41) is 3.40. The molecule has 0 aromatic heterocycles. The molecular formula is C16H35NO. The Morgan fingerprint density at radius 3 is 2.22 bits per heavy atom. The Balaban J connectivity index is 0.000000873. The van der Waals surface area contributed by atoms with Gasteiger partial charge in [-0.15, -0.1) is 0 Å². The van der Waals surface area contributed by atoms with Crippen LogP contribution in [0.5, 0.6) is 0 Å². The van der Waals surface area contributed by atoms with Gasteiger partial charge in [-0.1, -0.05) is 46.5 Å². The van der Waals surface area contributed by atoms with Gasteiger partial charge < -0.3 is 10.1 Å². The summed E-state index contributed by atoms with van der Waals surface area (Å²) in [6, 6.07) is 0. The Labute approximate surface area is 115 Å². The number of nitrogens with one attached hydrogen (secondary N) is 1. The van der Waals surface area contributed by atoms with Gasteiger partial charge in [0.15, 0.2) is 0 Å². The molecule has 1 heterocycles. The third-order valence-electron chi connectivity index (χ3n) is 3.43. The largest absolute Gasteiger partial charge is 0.378 e. The highest BCUT2D eigenvalue weighted by atomic mass is 16.5. The van der Waals surface area contributed by atoms with Gasteiger partial charge in [0.1, 0.15) is 0 Å². The van der Waals surface area contributed by atoms with Crippen LogP contribution in [0.1, 0.15) is 72.6 Å². The van der Waals surface area contributed by atoms with Crippen LogP contribution in [0.25, 0.3) is 0 Å². The predicted molar refractivity (Wildman–Crippen MR) is 81.1 cm³/mol. The highest BCUT2D eigenvalue weighted by molar-refractivity contribution is 4.73. The van der Waals surface area contributed by atoms with E-state index in [0.29, 0.717) is 6.10 Å². The highest BCUT2D eigenvalue weighted by Crippen LogP contribution is 2.18. The quantitative estimate of drug-likeness (QED) is 0.683. The third kappa shape index (κ3) is 9.90. The van der Waals surface area contributed by atoms with Gasteiger partial charge >= 0.3 is 0 Å². The molecule has 18 heavy (non-hydrogen) atoms. The maximum Gasteiger partial charge on any atom is 0.0576 e. The molecule has 1 rings (SSSR count). The smallest absolute Gasteiger partial charge is 0.0576 e. The van der Waals surface area contributed by atoms with Crippen molar-refractivity contribution in [1.82, 2.24) is 5.32 Å². The second-order valence-electron chi connectivity index (χ2n) is 5.43. The average Bonchev–Trinajstić information content (AvgIpc) is 2.40. The normalized spacial score (nSPS) is 18.0. The van der Waals surface area contributed by atoms with Crippen LogP contribution in [0, 0.1) is 5.92 Å². The number of rotatable bonds is 7. The van der Waals surface area contributed by atoms with E-state index in [9.17, 15) is 0 Å². The molecule has 1 aliphatic rings. The first-order valence-corrected chi connectivity index (χ1v) is 8.08. The lowest BCUT2D eigenvalue weighted by atomic mass is 9.93. The Bertz CT molecular complexity index is 155. The van der Waals surface area contributed by atoms with Crippen LogP contribution in [-0.4, -0.2) is 25.8 Å². The van der Waals surface area contributed by atoms with Crippen molar-refractivity contribution < 1.29 is 4.74 Å². The molecular weight excluding hydrogens is 222 g/mol. The van der Waals surface area contributed by atoms with E-state index >= 15 is 0 Å². The van der Waals surface area contributed by atoms with Crippen molar-refractivity contribution in [3.8, 4) is 0 Å². The monoisotopic (exact) mass is 257 g/mol. The predicted octanol–water partition coefficient (Wildman–Crippen LogP) is 4.39. The zero-order chi connectivity index (χ0) is 13.6. The number of unbranched alkanes of at least 4 members (excludes halogenated alkanes) is 3. The van der Waals surface area contributed by atoms with E-state index in [1.165, 1.54) is 58.0 Å². The first-order chi connectivity index (χ1) is 8.76. The Kier molecular flexibility index (Phi) is 13.3. The van der Waals surface area contributed by atoms with E-state index in [0.717, 1.165) is 12.5 Å². The molecule has 0 spiro atoms. The molecule has 1 N–H and O–H groups in total. The van der Waals surface area contributed by atoms with Crippen LogP contribution in [0.2, 0.25) is 0 Å². The van der Waals surface area contributed by atoms with E-state index in [2.05, 4.69) is 33.0 Å². The summed E-state index contributed by atoms with van der Waals surface area (Å²) in [5.41, 5.74) is 0. The van der Waals surface area contributed by atoms with Gasteiger partial charge in [0.25, 0.3) is 0 Å². The molecule has 1 unspecified atom stereocenters. The molecule has 2 heteroatoms. The van der Waals surface area contributed by atoms with Gasteiger partial charge in [0.2, 0.25) is 0 Å². The van der Waals surface area contributed by atoms with E-state index < -0.39 is 0 Å². The van der Waals surface area contributed by atoms with E-state index in [1.807, 2.05) is 0 Å². The molecule has 2 nitrogen and oxygen atoms in total. The first-order valence-electron chi connectivity index (χ1n) is 8.08. The van der Waals surface area contributed by atoms with Crippen LogP contribution in [0.4, 0.5) is 0 Å². The van der Waals surface area contributed by atoms with Crippen molar-refractivity contribution in [3.63, 3.8) is 0 Å². The Hall–Kier alpha value is -0.0800. The van der Waals surface area contributed by atoms with Gasteiger partial charge in [-0.2, -0.15) is 0 Å². The molecule has 1 fully saturated rings. The third-order valence-corrected chi connectivity index (χ3v) is 3.43. The minimum Gasteiger partial charge on any atom is -0.378 e. The number of hydrogen-bond acceptors (Lipinski definition) is 2. The Morgan fingerprint density at radius 2 is 1.67 bits per heavy atom. The summed E-state index contributed by atoms with van der Waals surface area (Å²) >= 11 is 0. The molecule has 1 atom stereocenters. The van der Waals surface area contributed by atoms with Gasteiger partial charge in [0, 0.05) is 6.61 Å². The fourth-order valence-electron chi connectivity index (χ4n) is 2.25. The van der Waals surface area contributed by atoms with Crippen LogP contribution < -0.4 is 5.32 Å². The van der Waals surface area contributed by atoms with Crippen molar-refractivity contribution in [1.29, 1.82) is 0 Å². The number of hydrogen-bond donors (Lipinski definition) is 1. The summed E-state index contributed by atoms with van der Waals surface area (Å²) < 4.78 is 5.90. The molecule has 0 radical (unpaired) electrons. The second-order valence-corrected chi connectivity index (χ2v) is 5.43. The standard InChI is InChI=1S/C13H27NO.C3H8/c1-3-4-5-6-11-15-12(2)13-7-9-14-10-8-13;1-3-2/h12-14H,3-11H2,1-2H3;3H2,1-2H3. The van der Waals surface area contributed by atoms with Gasteiger partial charge in [-0.25, -0.2) is 0 Å². The lowest BCUT2D eigenvalue weighted by molar-refractivity contribution is 0.0132. The van der Waals surface area contributed by atoms with Crippen LogP contribution in [0.15, 0.2) is 0 Å². The summed E-state index contributed by atoms with van der Waals surface area (Å²) in [6.45, 7) is 12.1. The van der Waals surface area contributed by atoms with E-state index in [1.54, 1.807) is 0 Å². The number of ether oxygens (including phenoxy) is 1. The topological polar surface area (TPSA) is 21.3 Å². The molecule has 1 aliphatic heterocycles. The minimum absolute atomic E-state index is 0.466. The summed E-state index contributed by atoms with van der Waals surface area (Å²) in [4.78, 5) is 0. The summed E-state index contributed by atoms with van der Waals surface area (Å²) in [5.74, 6) is 0.789. The molecule has 0 aliphatic carbocycles. The highest BCUT2D eigenvalue weighted by Gasteiger charge is 2.19. The van der Waals surface area contributed by atoms with Crippen molar-refractivity contribution in [2.24, 2.45) is 5.92 Å². The molecule has 0 aromatic carbocycles. The molecule has 110 valence electrons. The van der Waals surface area contributed by atoms with Gasteiger partial charge in [-0.3, -0.25) is 0 Å². The van der Waals surface area contributed by atoms with Crippen molar-refractivity contribution in [2.45, 2.75) is 78.7 Å². The molecule has 0 saturated carbocycles. The van der Waals surface area contributed by atoms with Crippen LogP contribution in [-0.2, 0) is 4.74 Å². The fourth-order valence-corrected chi connectivity index (χ4v) is 2.25. The SMILES string of the molecule is CCC.CCCCCCOC(C)C1CCNCC1. The summed E-state index contributed by atoms with van der Waals surface area (Å²) in [7, 11) is 0. The molecule has 0 aromatic rings. The van der Waals surface area contributed by atoms with Gasteiger partial charge in [0.05, 0.1) is 6.10 Å². The fraction of sp³-hybridized carbons (Fsp3) is 1.00. The summed E-state index contributed by atoms with van der Waals surface area (Å²) in [6.07, 6.45) is 9.52. The maximum atomic E-state index is 5.90.